The number of rotatable bonds is 9. The van der Waals surface area contributed by atoms with Crippen molar-refractivity contribution in [1.29, 1.82) is 0 Å². The molecule has 0 radical (unpaired) electrons. The number of carbonyl (C=O) groups is 3. The third kappa shape index (κ3) is 7.44. The van der Waals surface area contributed by atoms with Crippen LogP contribution in [0.25, 0.3) is 0 Å². The largest absolute Gasteiger partial charge is 0.467 e. The molecular formula is C24H30N2O5. The number of nitrogens with one attached hydrogen (secondary N) is 2. The van der Waals surface area contributed by atoms with E-state index < -0.39 is 30.1 Å². The molecule has 31 heavy (non-hydrogen) atoms. The zero-order chi connectivity index (χ0) is 22.8. The van der Waals surface area contributed by atoms with Gasteiger partial charge in [-0.3, -0.25) is 4.79 Å². The van der Waals surface area contributed by atoms with E-state index in [2.05, 4.69) is 10.6 Å². The van der Waals surface area contributed by atoms with E-state index in [9.17, 15) is 14.4 Å². The molecule has 2 aromatic rings. The minimum Gasteiger partial charge on any atom is -0.467 e. The third-order valence-corrected chi connectivity index (χ3v) is 4.92. The maximum Gasteiger partial charge on any atom is 0.408 e. The van der Waals surface area contributed by atoms with Gasteiger partial charge in [0.15, 0.2) is 0 Å². The number of esters is 1. The summed E-state index contributed by atoms with van der Waals surface area (Å²) in [6, 6.07) is 15.1. The second-order valence-electron chi connectivity index (χ2n) is 7.64. The molecule has 0 bridgehead atoms. The number of hydrogen-bond donors (Lipinski definition) is 2. The molecule has 0 aromatic heterocycles. The summed E-state index contributed by atoms with van der Waals surface area (Å²) < 4.78 is 10.1. The summed E-state index contributed by atoms with van der Waals surface area (Å²) in [7, 11) is 1.28. The van der Waals surface area contributed by atoms with Gasteiger partial charge in [-0.25, -0.2) is 9.59 Å². The van der Waals surface area contributed by atoms with Crippen LogP contribution >= 0.6 is 0 Å². The van der Waals surface area contributed by atoms with E-state index in [-0.39, 0.29) is 18.9 Å². The molecule has 0 spiro atoms. The lowest BCUT2D eigenvalue weighted by molar-refractivity contribution is -0.145. The van der Waals surface area contributed by atoms with E-state index in [1.807, 2.05) is 61.5 Å². The third-order valence-electron chi connectivity index (χ3n) is 4.92. The van der Waals surface area contributed by atoms with Gasteiger partial charge in [0.25, 0.3) is 0 Å². The van der Waals surface area contributed by atoms with Gasteiger partial charge in [-0.15, -0.1) is 0 Å². The fourth-order valence-corrected chi connectivity index (χ4v) is 3.08. The summed E-state index contributed by atoms with van der Waals surface area (Å²) in [5.74, 6) is -1.25. The zero-order valence-corrected chi connectivity index (χ0v) is 18.4. The van der Waals surface area contributed by atoms with E-state index >= 15 is 0 Å². The molecule has 7 nitrogen and oxygen atoms in total. The average molecular weight is 427 g/mol. The van der Waals surface area contributed by atoms with Gasteiger partial charge < -0.3 is 20.1 Å². The summed E-state index contributed by atoms with van der Waals surface area (Å²) in [4.78, 5) is 37.4. The first-order valence-corrected chi connectivity index (χ1v) is 10.2. The molecular weight excluding hydrogens is 396 g/mol. The Morgan fingerprint density at radius 3 is 2.19 bits per heavy atom. The highest BCUT2D eigenvalue weighted by Gasteiger charge is 2.30. The van der Waals surface area contributed by atoms with Crippen LogP contribution in [0.5, 0.6) is 0 Å². The van der Waals surface area contributed by atoms with Crippen LogP contribution in [-0.4, -0.2) is 37.2 Å². The van der Waals surface area contributed by atoms with Crippen molar-refractivity contribution in [3.8, 4) is 0 Å². The van der Waals surface area contributed by atoms with Crippen molar-refractivity contribution in [2.24, 2.45) is 5.92 Å². The van der Waals surface area contributed by atoms with Crippen molar-refractivity contribution in [3.05, 3.63) is 71.3 Å². The molecule has 0 saturated carbocycles. The lowest BCUT2D eigenvalue weighted by Crippen LogP contribution is -2.54. The highest BCUT2D eigenvalue weighted by molar-refractivity contribution is 5.90. The topological polar surface area (TPSA) is 93.7 Å². The van der Waals surface area contributed by atoms with Crippen LogP contribution in [0, 0.1) is 12.8 Å². The molecule has 2 N–H and O–H groups in total. The molecule has 0 fully saturated rings. The summed E-state index contributed by atoms with van der Waals surface area (Å²) in [5, 5.41) is 5.32. The van der Waals surface area contributed by atoms with Crippen molar-refractivity contribution >= 4 is 18.0 Å². The normalized spacial score (nSPS) is 12.5. The number of aryl methyl sites for hydroxylation is 1. The van der Waals surface area contributed by atoms with Gasteiger partial charge in [0, 0.05) is 6.42 Å². The average Bonchev–Trinajstić information content (AvgIpc) is 2.76. The van der Waals surface area contributed by atoms with Crippen LogP contribution < -0.4 is 10.6 Å². The Labute approximate surface area is 183 Å². The minimum absolute atomic E-state index is 0.0944. The molecule has 2 atom stereocenters. The number of amides is 2. The van der Waals surface area contributed by atoms with Gasteiger partial charge in [0.1, 0.15) is 18.7 Å². The van der Waals surface area contributed by atoms with E-state index in [0.29, 0.717) is 0 Å². The maximum atomic E-state index is 12.9. The predicted octanol–water partition coefficient (Wildman–Crippen LogP) is 3.15. The fraction of sp³-hybridized carbons (Fsp3) is 0.375. The van der Waals surface area contributed by atoms with Gasteiger partial charge in [0.2, 0.25) is 5.91 Å². The zero-order valence-electron chi connectivity index (χ0n) is 18.4. The molecule has 2 amide bonds. The molecule has 2 aromatic carbocycles. The van der Waals surface area contributed by atoms with E-state index in [4.69, 9.17) is 9.47 Å². The molecule has 0 aliphatic carbocycles. The number of alkyl carbamates (subject to hydrolysis) is 1. The Kier molecular flexibility index (Phi) is 9.06. The SMILES string of the molecule is COC(=O)[C@H](Cc1ccccc1C)NC(=O)[C@@H](NC(=O)OCc1ccccc1)C(C)C. The van der Waals surface area contributed by atoms with Crippen LogP contribution in [0.1, 0.15) is 30.5 Å². The molecule has 0 aliphatic rings. The molecule has 0 aliphatic heterocycles. The first-order valence-electron chi connectivity index (χ1n) is 10.2. The van der Waals surface area contributed by atoms with E-state index in [1.165, 1.54) is 7.11 Å². The van der Waals surface area contributed by atoms with Crippen molar-refractivity contribution in [2.45, 2.75) is 45.9 Å². The Balaban J connectivity index is 2.03. The summed E-state index contributed by atoms with van der Waals surface area (Å²) in [6.45, 7) is 5.64. The van der Waals surface area contributed by atoms with Crippen molar-refractivity contribution in [2.75, 3.05) is 7.11 Å². The number of carbonyl (C=O) groups excluding carboxylic acids is 3. The fourth-order valence-electron chi connectivity index (χ4n) is 3.08. The van der Waals surface area contributed by atoms with Gasteiger partial charge in [-0.2, -0.15) is 0 Å². The van der Waals surface area contributed by atoms with Gasteiger partial charge >= 0.3 is 12.1 Å². The smallest absolute Gasteiger partial charge is 0.408 e. The molecule has 2 rings (SSSR count). The lowest BCUT2D eigenvalue weighted by atomic mass is 9.99. The maximum absolute atomic E-state index is 12.9. The Hall–Kier alpha value is -3.35. The number of ether oxygens (including phenoxy) is 2. The quantitative estimate of drug-likeness (QED) is 0.601. The predicted molar refractivity (Wildman–Crippen MR) is 117 cm³/mol. The lowest BCUT2D eigenvalue weighted by Gasteiger charge is -2.24. The van der Waals surface area contributed by atoms with Gasteiger partial charge in [0.05, 0.1) is 7.11 Å². The Morgan fingerprint density at radius 1 is 0.935 bits per heavy atom. The molecule has 0 saturated heterocycles. The van der Waals surface area contributed by atoms with Crippen LogP contribution in [-0.2, 0) is 32.1 Å². The molecule has 0 heterocycles. The first-order chi connectivity index (χ1) is 14.8. The summed E-state index contributed by atoms with van der Waals surface area (Å²) >= 11 is 0. The van der Waals surface area contributed by atoms with Crippen molar-refractivity contribution in [1.82, 2.24) is 10.6 Å². The summed E-state index contributed by atoms with van der Waals surface area (Å²) in [5.41, 5.74) is 2.77. The minimum atomic E-state index is -0.873. The van der Waals surface area contributed by atoms with Crippen LogP contribution in [0.2, 0.25) is 0 Å². The Bertz CT molecular complexity index is 883. The van der Waals surface area contributed by atoms with Crippen LogP contribution in [0.4, 0.5) is 4.79 Å². The second-order valence-corrected chi connectivity index (χ2v) is 7.64. The molecule has 166 valence electrons. The number of methoxy groups -OCH3 is 1. The Morgan fingerprint density at radius 2 is 1.58 bits per heavy atom. The molecule has 7 heteroatoms. The van der Waals surface area contributed by atoms with Crippen LogP contribution in [0.15, 0.2) is 54.6 Å². The van der Waals surface area contributed by atoms with Gasteiger partial charge in [-0.05, 0) is 29.5 Å². The number of benzene rings is 2. The highest BCUT2D eigenvalue weighted by atomic mass is 16.5. The van der Waals surface area contributed by atoms with Gasteiger partial charge in [-0.1, -0.05) is 68.4 Å². The van der Waals surface area contributed by atoms with E-state index in [1.54, 1.807) is 13.8 Å². The summed E-state index contributed by atoms with van der Waals surface area (Å²) in [6.07, 6.45) is -0.417. The van der Waals surface area contributed by atoms with Crippen molar-refractivity contribution in [3.63, 3.8) is 0 Å². The monoisotopic (exact) mass is 426 g/mol. The highest BCUT2D eigenvalue weighted by Crippen LogP contribution is 2.12. The van der Waals surface area contributed by atoms with Crippen LogP contribution in [0.3, 0.4) is 0 Å². The second kappa shape index (κ2) is 11.7. The number of hydrogen-bond acceptors (Lipinski definition) is 5. The molecule has 0 unspecified atom stereocenters. The van der Waals surface area contributed by atoms with Crippen molar-refractivity contribution < 1.29 is 23.9 Å². The van der Waals surface area contributed by atoms with E-state index in [0.717, 1.165) is 16.7 Å². The standard InChI is InChI=1S/C24H30N2O5/c1-16(2)21(26-24(29)31-15-18-11-6-5-7-12-18)22(27)25-20(23(28)30-4)14-19-13-9-8-10-17(19)3/h5-13,16,20-21H,14-15H2,1-4H3,(H,25,27)(H,26,29)/t20-,21-/m0/s1. The first kappa shape index (κ1) is 23.9.